The minimum Gasteiger partial charge on any atom is -0.300 e. The van der Waals surface area contributed by atoms with Crippen LogP contribution >= 0.6 is 0 Å². The molecule has 0 amide bonds. The molecule has 0 atom stereocenters. The minimum absolute atomic E-state index is 0.420. The molecule has 0 saturated heterocycles. The van der Waals surface area contributed by atoms with E-state index in [0.717, 1.165) is 25.7 Å². The van der Waals surface area contributed by atoms with Crippen molar-refractivity contribution in [3.8, 4) is 0 Å². The summed E-state index contributed by atoms with van der Waals surface area (Å²) in [5.41, 5.74) is 2.53. The average molecular weight is 228 g/mol. The maximum atomic E-state index is 11.2. The first-order chi connectivity index (χ1) is 8.24. The predicted octanol–water partition coefficient (Wildman–Crippen LogP) is 2.80. The zero-order valence-electron chi connectivity index (χ0n) is 10.0. The molecule has 0 spiro atoms. The summed E-state index contributed by atoms with van der Waals surface area (Å²) in [6.45, 7) is 0. The lowest BCUT2D eigenvalue weighted by Crippen LogP contribution is -2.12. The molecule has 17 heavy (non-hydrogen) atoms. The van der Waals surface area contributed by atoms with E-state index in [0.29, 0.717) is 11.7 Å². The number of aryl methyl sites for hydroxylation is 1. The minimum atomic E-state index is 0.420. The molecule has 3 nitrogen and oxygen atoms in total. The van der Waals surface area contributed by atoms with Gasteiger partial charge in [0.1, 0.15) is 5.78 Å². The van der Waals surface area contributed by atoms with Crippen LogP contribution in [-0.2, 0) is 11.8 Å². The molecule has 1 saturated carbocycles. The summed E-state index contributed by atoms with van der Waals surface area (Å²) < 4.78 is 1.89. The van der Waals surface area contributed by atoms with E-state index in [-0.39, 0.29) is 0 Å². The van der Waals surface area contributed by atoms with Crippen LogP contribution in [0.15, 0.2) is 24.4 Å². The molecule has 1 aliphatic rings. The number of hydrogen-bond acceptors (Lipinski definition) is 2. The van der Waals surface area contributed by atoms with Crippen molar-refractivity contribution < 1.29 is 4.79 Å². The van der Waals surface area contributed by atoms with Crippen LogP contribution in [0.3, 0.4) is 0 Å². The Kier molecular flexibility index (Phi) is 2.46. The Bertz CT molecular complexity index is 561. The molecule has 3 rings (SSSR count). The van der Waals surface area contributed by atoms with Crippen LogP contribution in [0.1, 0.15) is 37.2 Å². The number of nitrogens with zero attached hydrogens (tertiary/aromatic N) is 2. The summed E-state index contributed by atoms with van der Waals surface area (Å²) >= 11 is 0. The van der Waals surface area contributed by atoms with E-state index in [9.17, 15) is 4.79 Å². The van der Waals surface area contributed by atoms with Gasteiger partial charge in [-0.15, -0.1) is 0 Å². The van der Waals surface area contributed by atoms with Crippen molar-refractivity contribution in [1.29, 1.82) is 0 Å². The fourth-order valence-corrected chi connectivity index (χ4v) is 2.71. The summed E-state index contributed by atoms with van der Waals surface area (Å²) in [5.74, 6) is 0.973. The fourth-order valence-electron chi connectivity index (χ4n) is 2.71. The molecular weight excluding hydrogens is 212 g/mol. The number of Topliss-reactive ketones (excluding diaryl/α,β-unsaturated/α-hetero) is 1. The van der Waals surface area contributed by atoms with Crippen LogP contribution in [0.4, 0.5) is 0 Å². The SMILES string of the molecule is Cn1ncc2cc(C3CCC(=O)CC3)ccc21. The molecule has 1 aromatic heterocycles. The van der Waals surface area contributed by atoms with Gasteiger partial charge in [0.05, 0.1) is 11.7 Å². The van der Waals surface area contributed by atoms with Crippen molar-refractivity contribution in [3.63, 3.8) is 0 Å². The molecular formula is C14H16N2O. The van der Waals surface area contributed by atoms with E-state index in [4.69, 9.17) is 0 Å². The number of hydrogen-bond donors (Lipinski definition) is 0. The molecule has 0 bridgehead atoms. The Labute approximate surface area is 100 Å². The van der Waals surface area contributed by atoms with Crippen molar-refractivity contribution in [2.75, 3.05) is 0 Å². The van der Waals surface area contributed by atoms with Crippen molar-refractivity contribution in [1.82, 2.24) is 9.78 Å². The third-order valence-corrected chi connectivity index (χ3v) is 3.78. The third-order valence-electron chi connectivity index (χ3n) is 3.78. The molecule has 1 heterocycles. The van der Waals surface area contributed by atoms with E-state index in [1.165, 1.54) is 16.5 Å². The Morgan fingerprint density at radius 2 is 2.06 bits per heavy atom. The Morgan fingerprint density at radius 1 is 1.29 bits per heavy atom. The molecule has 0 N–H and O–H groups in total. The standard InChI is InChI=1S/C14H16N2O/c1-16-14-7-4-11(8-12(14)9-15-16)10-2-5-13(17)6-3-10/h4,7-10H,2-3,5-6H2,1H3. The van der Waals surface area contributed by atoms with Crippen molar-refractivity contribution in [3.05, 3.63) is 30.0 Å². The Hall–Kier alpha value is -1.64. The van der Waals surface area contributed by atoms with E-state index >= 15 is 0 Å². The summed E-state index contributed by atoms with van der Waals surface area (Å²) in [6, 6.07) is 6.54. The predicted molar refractivity (Wildman–Crippen MR) is 66.9 cm³/mol. The second-order valence-electron chi connectivity index (χ2n) is 4.90. The smallest absolute Gasteiger partial charge is 0.132 e. The largest absolute Gasteiger partial charge is 0.300 e. The highest BCUT2D eigenvalue weighted by atomic mass is 16.1. The second-order valence-corrected chi connectivity index (χ2v) is 4.90. The van der Waals surface area contributed by atoms with Crippen LogP contribution in [0.25, 0.3) is 10.9 Å². The van der Waals surface area contributed by atoms with Gasteiger partial charge in [-0.3, -0.25) is 9.48 Å². The zero-order valence-corrected chi connectivity index (χ0v) is 10.0. The lowest BCUT2D eigenvalue weighted by Gasteiger charge is -2.21. The first-order valence-electron chi connectivity index (χ1n) is 6.17. The maximum Gasteiger partial charge on any atom is 0.132 e. The number of benzene rings is 1. The molecule has 1 aliphatic carbocycles. The number of carbonyl (C=O) groups is 1. The molecule has 0 aliphatic heterocycles. The maximum absolute atomic E-state index is 11.2. The van der Waals surface area contributed by atoms with Gasteiger partial charge in [-0.2, -0.15) is 5.10 Å². The van der Waals surface area contributed by atoms with Gasteiger partial charge in [0.15, 0.2) is 0 Å². The number of carbonyl (C=O) groups excluding carboxylic acids is 1. The first kappa shape index (κ1) is 10.5. The monoisotopic (exact) mass is 228 g/mol. The van der Waals surface area contributed by atoms with Gasteiger partial charge in [0, 0.05) is 25.3 Å². The summed E-state index contributed by atoms with van der Waals surface area (Å²) in [4.78, 5) is 11.2. The summed E-state index contributed by atoms with van der Waals surface area (Å²) in [6.07, 6.45) is 5.41. The molecule has 88 valence electrons. The molecule has 1 fully saturated rings. The van der Waals surface area contributed by atoms with Gasteiger partial charge < -0.3 is 0 Å². The lowest BCUT2D eigenvalue weighted by molar-refractivity contribution is -0.120. The molecule has 0 radical (unpaired) electrons. The number of ketones is 1. The summed E-state index contributed by atoms with van der Waals surface area (Å²) in [5, 5.41) is 5.45. The van der Waals surface area contributed by atoms with Crippen LogP contribution in [0, 0.1) is 0 Å². The number of aromatic nitrogens is 2. The fraction of sp³-hybridized carbons (Fsp3) is 0.429. The topological polar surface area (TPSA) is 34.9 Å². The third kappa shape index (κ3) is 1.86. The molecule has 2 aromatic rings. The lowest BCUT2D eigenvalue weighted by atomic mass is 9.83. The van der Waals surface area contributed by atoms with E-state index in [1.807, 2.05) is 17.9 Å². The van der Waals surface area contributed by atoms with Crippen molar-refractivity contribution >= 4 is 16.7 Å². The van der Waals surface area contributed by atoms with Crippen molar-refractivity contribution in [2.24, 2.45) is 7.05 Å². The van der Waals surface area contributed by atoms with E-state index in [2.05, 4.69) is 23.3 Å². The van der Waals surface area contributed by atoms with E-state index in [1.54, 1.807) is 0 Å². The van der Waals surface area contributed by atoms with Crippen molar-refractivity contribution in [2.45, 2.75) is 31.6 Å². The highest BCUT2D eigenvalue weighted by Gasteiger charge is 2.20. The average Bonchev–Trinajstić information content (AvgIpc) is 2.72. The second kappa shape index (κ2) is 3.99. The van der Waals surface area contributed by atoms with E-state index < -0.39 is 0 Å². The summed E-state index contributed by atoms with van der Waals surface area (Å²) in [7, 11) is 1.96. The Morgan fingerprint density at radius 3 is 2.82 bits per heavy atom. The van der Waals surface area contributed by atoms with Gasteiger partial charge in [0.2, 0.25) is 0 Å². The molecule has 1 aromatic carbocycles. The first-order valence-corrected chi connectivity index (χ1v) is 6.17. The van der Waals surface area contributed by atoms with Crippen LogP contribution in [0.5, 0.6) is 0 Å². The number of rotatable bonds is 1. The normalized spacial score (nSPS) is 17.8. The van der Waals surface area contributed by atoms with Gasteiger partial charge >= 0.3 is 0 Å². The zero-order chi connectivity index (χ0) is 11.8. The molecule has 3 heteroatoms. The van der Waals surface area contributed by atoms with Crippen LogP contribution < -0.4 is 0 Å². The van der Waals surface area contributed by atoms with Gasteiger partial charge in [0.25, 0.3) is 0 Å². The molecule has 0 unspecified atom stereocenters. The highest BCUT2D eigenvalue weighted by Crippen LogP contribution is 2.32. The Balaban J connectivity index is 1.92. The number of fused-ring (bicyclic) bond motifs is 1. The van der Waals surface area contributed by atoms with Crippen LogP contribution in [0.2, 0.25) is 0 Å². The van der Waals surface area contributed by atoms with Gasteiger partial charge in [-0.05, 0) is 36.5 Å². The van der Waals surface area contributed by atoms with Gasteiger partial charge in [-0.1, -0.05) is 6.07 Å². The van der Waals surface area contributed by atoms with Gasteiger partial charge in [-0.25, -0.2) is 0 Å². The quantitative estimate of drug-likeness (QED) is 0.752. The highest BCUT2D eigenvalue weighted by molar-refractivity contribution is 5.81. The van der Waals surface area contributed by atoms with Crippen LogP contribution in [-0.4, -0.2) is 15.6 Å².